The molecule has 0 radical (unpaired) electrons. The average Bonchev–Trinajstić information content (AvgIpc) is 3.13. The summed E-state index contributed by atoms with van der Waals surface area (Å²) >= 11 is 0. The highest BCUT2D eigenvalue weighted by Crippen LogP contribution is 2.47. The second-order valence-corrected chi connectivity index (χ2v) is 10.7. The molecule has 0 atom stereocenters. The van der Waals surface area contributed by atoms with E-state index >= 15 is 0 Å². The lowest BCUT2D eigenvalue weighted by Gasteiger charge is -2.27. The SMILES string of the molecule is CCN(CC)CCCN1CCn2c(c(C3CCCCC3)c3ccc(C(=O)O)cc32)-c2ccc(C)cc21. The molecule has 5 heteroatoms. The van der Waals surface area contributed by atoms with E-state index in [0.29, 0.717) is 11.5 Å². The van der Waals surface area contributed by atoms with Crippen molar-refractivity contribution in [1.82, 2.24) is 9.47 Å². The Morgan fingerprint density at radius 1 is 1.03 bits per heavy atom. The summed E-state index contributed by atoms with van der Waals surface area (Å²) in [6, 6.07) is 12.7. The first kappa shape index (κ1) is 24.9. The Hall–Kier alpha value is -2.79. The molecule has 1 fully saturated rings. The first-order chi connectivity index (χ1) is 17.5. The van der Waals surface area contributed by atoms with Crippen molar-refractivity contribution < 1.29 is 9.90 Å². The Kier molecular flexibility index (Phi) is 7.38. The number of fused-ring (bicyclic) bond motifs is 5. The van der Waals surface area contributed by atoms with Crippen LogP contribution in [0.4, 0.5) is 5.69 Å². The van der Waals surface area contributed by atoms with Gasteiger partial charge in [-0.25, -0.2) is 4.79 Å². The summed E-state index contributed by atoms with van der Waals surface area (Å²) in [6.07, 6.45) is 7.47. The highest BCUT2D eigenvalue weighted by atomic mass is 16.4. The fourth-order valence-corrected chi connectivity index (χ4v) is 6.54. The molecule has 0 amide bonds. The molecule has 1 aliphatic carbocycles. The van der Waals surface area contributed by atoms with Gasteiger partial charge in [-0.1, -0.05) is 51.3 Å². The number of carbonyl (C=O) groups is 1. The summed E-state index contributed by atoms with van der Waals surface area (Å²) < 4.78 is 2.45. The zero-order chi connectivity index (χ0) is 25.2. The van der Waals surface area contributed by atoms with Crippen LogP contribution < -0.4 is 4.90 Å². The first-order valence-corrected chi connectivity index (χ1v) is 14.0. The predicted octanol–water partition coefficient (Wildman–Crippen LogP) is 6.91. The molecular formula is C31H41N3O2. The van der Waals surface area contributed by atoms with E-state index in [1.807, 2.05) is 6.07 Å². The van der Waals surface area contributed by atoms with Gasteiger partial charge in [0.2, 0.25) is 0 Å². The summed E-state index contributed by atoms with van der Waals surface area (Å²) in [6.45, 7) is 12.8. The first-order valence-electron chi connectivity index (χ1n) is 14.0. The van der Waals surface area contributed by atoms with Crippen molar-refractivity contribution in [2.24, 2.45) is 0 Å². The van der Waals surface area contributed by atoms with E-state index in [0.717, 1.165) is 51.2 Å². The molecule has 0 spiro atoms. The molecule has 1 N–H and O–H groups in total. The summed E-state index contributed by atoms with van der Waals surface area (Å²) in [4.78, 5) is 17.0. The van der Waals surface area contributed by atoms with Gasteiger partial charge < -0.3 is 19.5 Å². The van der Waals surface area contributed by atoms with E-state index in [1.54, 1.807) is 6.07 Å². The minimum absolute atomic E-state index is 0.377. The minimum atomic E-state index is -0.852. The summed E-state index contributed by atoms with van der Waals surface area (Å²) in [5, 5.41) is 11.0. The van der Waals surface area contributed by atoms with Crippen molar-refractivity contribution in [3.05, 3.63) is 53.1 Å². The third kappa shape index (κ3) is 4.66. The molecule has 0 bridgehead atoms. The largest absolute Gasteiger partial charge is 0.478 e. The molecule has 0 unspecified atom stereocenters. The molecule has 192 valence electrons. The van der Waals surface area contributed by atoms with Gasteiger partial charge >= 0.3 is 5.97 Å². The molecule has 2 aliphatic rings. The maximum absolute atomic E-state index is 11.9. The number of carboxylic acid groups (broad SMARTS) is 1. The monoisotopic (exact) mass is 487 g/mol. The van der Waals surface area contributed by atoms with Gasteiger partial charge in [-0.05, 0) is 81.1 Å². The van der Waals surface area contributed by atoms with E-state index in [1.165, 1.54) is 65.6 Å². The number of benzene rings is 2. The second kappa shape index (κ2) is 10.7. The Bertz CT molecular complexity index is 1230. The Morgan fingerprint density at radius 2 is 1.81 bits per heavy atom. The number of hydrogen-bond donors (Lipinski definition) is 1. The minimum Gasteiger partial charge on any atom is -0.478 e. The molecule has 5 nitrogen and oxygen atoms in total. The smallest absolute Gasteiger partial charge is 0.335 e. The maximum Gasteiger partial charge on any atom is 0.335 e. The molecule has 0 saturated heterocycles. The van der Waals surface area contributed by atoms with Crippen LogP contribution in [0.2, 0.25) is 0 Å². The molecule has 5 rings (SSSR count). The van der Waals surface area contributed by atoms with Crippen LogP contribution in [-0.2, 0) is 6.54 Å². The number of aromatic nitrogens is 1. The van der Waals surface area contributed by atoms with Gasteiger partial charge in [0.05, 0.1) is 11.3 Å². The van der Waals surface area contributed by atoms with Gasteiger partial charge in [0.1, 0.15) is 0 Å². The lowest BCUT2D eigenvalue weighted by atomic mass is 9.81. The molecule has 1 saturated carbocycles. The third-order valence-corrected chi connectivity index (χ3v) is 8.50. The van der Waals surface area contributed by atoms with Crippen molar-refractivity contribution in [1.29, 1.82) is 0 Å². The highest BCUT2D eigenvalue weighted by molar-refractivity contribution is 5.99. The number of carboxylic acids is 1. The van der Waals surface area contributed by atoms with Crippen molar-refractivity contribution in [2.45, 2.75) is 71.8 Å². The van der Waals surface area contributed by atoms with Gasteiger partial charge in [0.25, 0.3) is 0 Å². The maximum atomic E-state index is 11.9. The number of rotatable bonds is 8. The number of nitrogens with zero attached hydrogens (tertiary/aromatic N) is 3. The van der Waals surface area contributed by atoms with Crippen LogP contribution in [-0.4, -0.2) is 53.3 Å². The van der Waals surface area contributed by atoms with Crippen molar-refractivity contribution in [3.8, 4) is 11.3 Å². The van der Waals surface area contributed by atoms with E-state index in [4.69, 9.17) is 0 Å². The van der Waals surface area contributed by atoms with Crippen LogP contribution in [0.15, 0.2) is 36.4 Å². The molecule has 36 heavy (non-hydrogen) atoms. The summed E-state index contributed by atoms with van der Waals surface area (Å²) in [7, 11) is 0. The van der Waals surface area contributed by atoms with Gasteiger partial charge in [0.15, 0.2) is 0 Å². The fraction of sp³-hybridized carbons (Fsp3) is 0.516. The normalized spacial score (nSPS) is 16.3. The number of hydrogen-bond acceptors (Lipinski definition) is 3. The molecule has 3 aromatic rings. The second-order valence-electron chi connectivity index (χ2n) is 10.7. The predicted molar refractivity (Wildman–Crippen MR) is 150 cm³/mol. The van der Waals surface area contributed by atoms with Gasteiger partial charge in [-0.3, -0.25) is 0 Å². The molecule has 2 aromatic carbocycles. The quantitative estimate of drug-likeness (QED) is 0.375. The lowest BCUT2D eigenvalue weighted by Crippen LogP contribution is -2.31. The third-order valence-electron chi connectivity index (χ3n) is 8.50. The topological polar surface area (TPSA) is 48.7 Å². The van der Waals surface area contributed by atoms with Crippen LogP contribution >= 0.6 is 0 Å². The number of aryl methyl sites for hydroxylation is 1. The standard InChI is InChI=1S/C31H41N3O2/c1-4-32(5-2)16-9-17-33-18-19-34-28-21-24(31(35)36)13-15-25(28)29(23-10-7-6-8-11-23)30(34)26-14-12-22(3)20-27(26)33/h12-15,20-21,23H,4-11,16-19H2,1-3H3,(H,35,36). The van der Waals surface area contributed by atoms with Crippen LogP contribution in [0.1, 0.15) is 79.8 Å². The van der Waals surface area contributed by atoms with E-state index in [9.17, 15) is 9.90 Å². The molecular weight excluding hydrogens is 446 g/mol. The van der Waals surface area contributed by atoms with Crippen LogP contribution in [0, 0.1) is 6.92 Å². The van der Waals surface area contributed by atoms with Gasteiger partial charge in [0, 0.05) is 41.8 Å². The van der Waals surface area contributed by atoms with Crippen LogP contribution in [0.25, 0.3) is 22.2 Å². The summed E-state index contributed by atoms with van der Waals surface area (Å²) in [5.41, 5.74) is 8.20. The Balaban J connectivity index is 1.64. The van der Waals surface area contributed by atoms with Crippen LogP contribution in [0.5, 0.6) is 0 Å². The van der Waals surface area contributed by atoms with Crippen molar-refractivity contribution >= 4 is 22.6 Å². The average molecular weight is 488 g/mol. The van der Waals surface area contributed by atoms with E-state index in [2.05, 4.69) is 59.4 Å². The van der Waals surface area contributed by atoms with Crippen molar-refractivity contribution in [3.63, 3.8) is 0 Å². The number of anilines is 1. The molecule has 2 heterocycles. The van der Waals surface area contributed by atoms with Gasteiger partial charge in [-0.2, -0.15) is 0 Å². The van der Waals surface area contributed by atoms with E-state index < -0.39 is 5.97 Å². The number of aromatic carboxylic acids is 1. The Morgan fingerprint density at radius 3 is 2.53 bits per heavy atom. The zero-order valence-corrected chi connectivity index (χ0v) is 22.2. The van der Waals surface area contributed by atoms with E-state index in [-0.39, 0.29) is 0 Å². The summed E-state index contributed by atoms with van der Waals surface area (Å²) in [5.74, 6) is -0.314. The van der Waals surface area contributed by atoms with Crippen LogP contribution in [0.3, 0.4) is 0 Å². The highest BCUT2D eigenvalue weighted by Gasteiger charge is 2.30. The lowest BCUT2D eigenvalue weighted by molar-refractivity contribution is 0.0697. The molecule has 1 aliphatic heterocycles. The molecule has 1 aromatic heterocycles. The van der Waals surface area contributed by atoms with Crippen molar-refractivity contribution in [2.75, 3.05) is 37.6 Å². The van der Waals surface area contributed by atoms with Gasteiger partial charge in [-0.15, -0.1) is 0 Å². The fourth-order valence-electron chi connectivity index (χ4n) is 6.54. The zero-order valence-electron chi connectivity index (χ0n) is 22.2. The Labute approximate surface area is 215 Å².